The van der Waals surface area contributed by atoms with Gasteiger partial charge in [-0.25, -0.2) is 0 Å². The molecule has 0 saturated heterocycles. The van der Waals surface area contributed by atoms with Crippen LogP contribution in [0.25, 0.3) is 0 Å². The van der Waals surface area contributed by atoms with E-state index >= 15 is 0 Å². The first-order chi connectivity index (χ1) is 7.06. The highest BCUT2D eigenvalue weighted by Gasteiger charge is 2.23. The maximum Gasteiger partial charge on any atom is 0.105 e. The van der Waals surface area contributed by atoms with Gasteiger partial charge in [0.1, 0.15) is 6.10 Å². The Kier molecular flexibility index (Phi) is 4.30. The van der Waals surface area contributed by atoms with Gasteiger partial charge >= 0.3 is 0 Å². The topological polar surface area (TPSA) is 29.5 Å². The second-order valence-electron chi connectivity index (χ2n) is 4.30. The number of aliphatic hydroxyl groups excluding tert-OH is 1. The number of hydrogen-bond acceptors (Lipinski definition) is 2. The predicted octanol–water partition coefficient (Wildman–Crippen LogP) is 2.70. The quantitative estimate of drug-likeness (QED) is 0.824. The molecule has 0 fully saturated rings. The van der Waals surface area contributed by atoms with Crippen molar-refractivity contribution >= 4 is 0 Å². The van der Waals surface area contributed by atoms with Gasteiger partial charge in [-0.3, -0.25) is 0 Å². The van der Waals surface area contributed by atoms with Crippen molar-refractivity contribution < 1.29 is 9.84 Å². The highest BCUT2D eigenvalue weighted by atomic mass is 16.5. The zero-order valence-corrected chi connectivity index (χ0v) is 9.90. The van der Waals surface area contributed by atoms with Crippen LogP contribution in [0.4, 0.5) is 0 Å². The Hall–Kier alpha value is -0.860. The van der Waals surface area contributed by atoms with Gasteiger partial charge in [0.15, 0.2) is 0 Å². The Bertz CT molecular complexity index is 290. The zero-order valence-electron chi connectivity index (χ0n) is 9.90. The van der Waals surface area contributed by atoms with Crippen molar-refractivity contribution in [2.45, 2.75) is 33.0 Å². The van der Waals surface area contributed by atoms with E-state index in [1.165, 1.54) is 5.56 Å². The normalized spacial score (nSPS) is 15.3. The van der Waals surface area contributed by atoms with Crippen LogP contribution in [0.5, 0.6) is 0 Å². The summed E-state index contributed by atoms with van der Waals surface area (Å²) in [5.41, 5.74) is 2.12. The van der Waals surface area contributed by atoms with Gasteiger partial charge in [0.25, 0.3) is 0 Å². The Morgan fingerprint density at radius 1 is 1.13 bits per heavy atom. The SMILES string of the molecule is COC(C(C)C)C(O)c1ccc(C)cc1. The Morgan fingerprint density at radius 2 is 1.67 bits per heavy atom. The van der Waals surface area contributed by atoms with Gasteiger partial charge in [-0.15, -0.1) is 0 Å². The number of rotatable bonds is 4. The molecule has 0 aliphatic carbocycles. The van der Waals surface area contributed by atoms with Gasteiger partial charge in [-0.1, -0.05) is 43.7 Å². The highest BCUT2D eigenvalue weighted by Crippen LogP contribution is 2.24. The summed E-state index contributed by atoms with van der Waals surface area (Å²) in [6.07, 6.45) is -0.691. The Labute approximate surface area is 91.9 Å². The summed E-state index contributed by atoms with van der Waals surface area (Å²) >= 11 is 0. The van der Waals surface area contributed by atoms with Crippen LogP contribution in [0.15, 0.2) is 24.3 Å². The number of ether oxygens (including phenoxy) is 1. The summed E-state index contributed by atoms with van der Waals surface area (Å²) in [4.78, 5) is 0. The molecule has 0 spiro atoms. The molecule has 2 atom stereocenters. The summed E-state index contributed by atoms with van der Waals surface area (Å²) in [5, 5.41) is 10.1. The van der Waals surface area contributed by atoms with E-state index in [4.69, 9.17) is 4.74 Å². The molecule has 2 heteroatoms. The lowest BCUT2D eigenvalue weighted by Crippen LogP contribution is -2.26. The van der Waals surface area contributed by atoms with E-state index in [0.29, 0.717) is 5.92 Å². The lowest BCUT2D eigenvalue weighted by atomic mass is 9.95. The van der Waals surface area contributed by atoms with Crippen LogP contribution in [0.1, 0.15) is 31.1 Å². The molecule has 0 amide bonds. The van der Waals surface area contributed by atoms with Crippen LogP contribution in [-0.2, 0) is 4.74 Å². The van der Waals surface area contributed by atoms with Gasteiger partial charge < -0.3 is 9.84 Å². The first-order valence-corrected chi connectivity index (χ1v) is 5.33. The minimum Gasteiger partial charge on any atom is -0.386 e. The van der Waals surface area contributed by atoms with Gasteiger partial charge in [-0.2, -0.15) is 0 Å². The van der Waals surface area contributed by atoms with E-state index in [9.17, 15) is 5.11 Å². The molecular weight excluding hydrogens is 188 g/mol. The predicted molar refractivity (Wildman–Crippen MR) is 61.8 cm³/mol. The number of hydrogen-bond donors (Lipinski definition) is 1. The fourth-order valence-electron chi connectivity index (χ4n) is 1.72. The maximum atomic E-state index is 10.1. The molecule has 1 rings (SSSR count). The third kappa shape index (κ3) is 3.05. The molecule has 0 aliphatic rings. The first kappa shape index (κ1) is 12.2. The van der Waals surface area contributed by atoms with E-state index in [0.717, 1.165) is 5.56 Å². The fourth-order valence-corrected chi connectivity index (χ4v) is 1.72. The second kappa shape index (κ2) is 5.29. The molecule has 2 nitrogen and oxygen atoms in total. The standard InChI is InChI=1S/C13H20O2/c1-9(2)13(15-4)12(14)11-7-5-10(3)6-8-11/h5-9,12-14H,1-4H3. The van der Waals surface area contributed by atoms with E-state index in [-0.39, 0.29) is 6.10 Å². The average molecular weight is 208 g/mol. The number of methoxy groups -OCH3 is 1. The summed E-state index contributed by atoms with van der Waals surface area (Å²) in [5.74, 6) is 0.298. The molecule has 0 radical (unpaired) electrons. The monoisotopic (exact) mass is 208 g/mol. The van der Waals surface area contributed by atoms with Crippen molar-refractivity contribution in [2.24, 2.45) is 5.92 Å². The van der Waals surface area contributed by atoms with Crippen LogP contribution >= 0.6 is 0 Å². The first-order valence-electron chi connectivity index (χ1n) is 5.33. The third-order valence-corrected chi connectivity index (χ3v) is 2.66. The Morgan fingerprint density at radius 3 is 2.07 bits per heavy atom. The lowest BCUT2D eigenvalue weighted by molar-refractivity contribution is -0.0390. The molecule has 0 aliphatic heterocycles. The second-order valence-corrected chi connectivity index (χ2v) is 4.30. The molecule has 2 unspecified atom stereocenters. The van der Waals surface area contributed by atoms with Gasteiger partial charge in [0.2, 0.25) is 0 Å². The van der Waals surface area contributed by atoms with Crippen molar-refractivity contribution in [3.63, 3.8) is 0 Å². The van der Waals surface area contributed by atoms with Crippen molar-refractivity contribution in [1.82, 2.24) is 0 Å². The largest absolute Gasteiger partial charge is 0.386 e. The molecular formula is C13H20O2. The van der Waals surface area contributed by atoms with Crippen LogP contribution < -0.4 is 0 Å². The molecule has 1 aromatic rings. The molecule has 1 N–H and O–H groups in total. The van der Waals surface area contributed by atoms with Crippen LogP contribution in [-0.4, -0.2) is 18.3 Å². The van der Waals surface area contributed by atoms with E-state index in [2.05, 4.69) is 0 Å². The van der Waals surface area contributed by atoms with Crippen molar-refractivity contribution in [3.8, 4) is 0 Å². The molecule has 15 heavy (non-hydrogen) atoms. The van der Waals surface area contributed by atoms with E-state index in [1.807, 2.05) is 45.0 Å². The number of aliphatic hydroxyl groups is 1. The molecule has 0 bridgehead atoms. The zero-order chi connectivity index (χ0) is 11.4. The summed E-state index contributed by atoms with van der Waals surface area (Å²) in [6.45, 7) is 6.13. The average Bonchev–Trinajstić information content (AvgIpc) is 2.19. The van der Waals surface area contributed by atoms with Gasteiger partial charge in [-0.05, 0) is 18.4 Å². The highest BCUT2D eigenvalue weighted by molar-refractivity contribution is 5.23. The van der Waals surface area contributed by atoms with E-state index in [1.54, 1.807) is 7.11 Å². The maximum absolute atomic E-state index is 10.1. The fraction of sp³-hybridized carbons (Fsp3) is 0.538. The number of aryl methyl sites for hydroxylation is 1. The summed E-state index contributed by atoms with van der Waals surface area (Å²) in [7, 11) is 1.64. The molecule has 84 valence electrons. The molecule has 1 aromatic carbocycles. The van der Waals surface area contributed by atoms with Crippen molar-refractivity contribution in [2.75, 3.05) is 7.11 Å². The van der Waals surface area contributed by atoms with Crippen molar-refractivity contribution in [3.05, 3.63) is 35.4 Å². The van der Waals surface area contributed by atoms with Crippen LogP contribution in [0.2, 0.25) is 0 Å². The number of benzene rings is 1. The van der Waals surface area contributed by atoms with E-state index < -0.39 is 6.10 Å². The van der Waals surface area contributed by atoms with Gasteiger partial charge in [0, 0.05) is 7.11 Å². The minimum absolute atomic E-state index is 0.146. The molecule has 0 saturated carbocycles. The summed E-state index contributed by atoms with van der Waals surface area (Å²) in [6, 6.07) is 7.92. The summed E-state index contributed by atoms with van der Waals surface area (Å²) < 4.78 is 5.31. The van der Waals surface area contributed by atoms with Crippen LogP contribution in [0, 0.1) is 12.8 Å². The lowest BCUT2D eigenvalue weighted by Gasteiger charge is -2.25. The molecule has 0 heterocycles. The van der Waals surface area contributed by atoms with Gasteiger partial charge in [0.05, 0.1) is 6.10 Å². The smallest absolute Gasteiger partial charge is 0.105 e. The Balaban J connectivity index is 2.82. The van der Waals surface area contributed by atoms with Crippen LogP contribution in [0.3, 0.4) is 0 Å². The molecule has 0 aromatic heterocycles. The van der Waals surface area contributed by atoms with Crippen molar-refractivity contribution in [1.29, 1.82) is 0 Å². The minimum atomic E-state index is -0.546. The third-order valence-electron chi connectivity index (χ3n) is 2.66.